The molecule has 0 bridgehead atoms. The van der Waals surface area contributed by atoms with E-state index < -0.39 is 0 Å². The van der Waals surface area contributed by atoms with Gasteiger partial charge in [-0.1, -0.05) is 6.42 Å². The van der Waals surface area contributed by atoms with Crippen molar-refractivity contribution in [3.8, 4) is 6.07 Å². The Hall–Kier alpha value is -1.08. The Labute approximate surface area is 78.1 Å². The Bertz CT molecular complexity index is 222. The van der Waals surface area contributed by atoms with Crippen LogP contribution in [-0.2, 0) is 4.79 Å². The third-order valence-corrected chi connectivity index (χ3v) is 2.71. The highest BCUT2D eigenvalue weighted by Gasteiger charge is 2.42. The summed E-state index contributed by atoms with van der Waals surface area (Å²) >= 11 is 0. The first-order chi connectivity index (χ1) is 6.25. The third-order valence-electron chi connectivity index (χ3n) is 2.71. The average molecular weight is 181 g/mol. The molecule has 0 aliphatic heterocycles. The summed E-state index contributed by atoms with van der Waals surface area (Å²) in [7, 11) is 0. The van der Waals surface area contributed by atoms with Crippen molar-refractivity contribution >= 4 is 5.91 Å². The van der Waals surface area contributed by atoms with Crippen molar-refractivity contribution in [1.29, 1.82) is 5.26 Å². The fourth-order valence-corrected chi connectivity index (χ4v) is 1.55. The minimum Gasteiger partial charge on any atom is -0.355 e. The summed E-state index contributed by atoms with van der Waals surface area (Å²) in [4.78, 5) is 11.6. The van der Waals surface area contributed by atoms with E-state index in [9.17, 15) is 4.79 Å². The normalized spacial score (nSPS) is 18.5. The number of hydrogen-bond acceptors (Lipinski definition) is 3. The number of nitrogens with two attached hydrogens (primary N) is 1. The largest absolute Gasteiger partial charge is 0.355 e. The second-order valence-electron chi connectivity index (χ2n) is 3.50. The fourth-order valence-electron chi connectivity index (χ4n) is 1.55. The van der Waals surface area contributed by atoms with Gasteiger partial charge in [0.1, 0.15) is 0 Å². The molecule has 0 aromatic carbocycles. The predicted octanol–water partition coefficient (Wildman–Crippen LogP) is 0.145. The van der Waals surface area contributed by atoms with Gasteiger partial charge in [0.25, 0.3) is 0 Å². The van der Waals surface area contributed by atoms with E-state index >= 15 is 0 Å². The van der Waals surface area contributed by atoms with Gasteiger partial charge in [0.05, 0.1) is 17.9 Å². The minimum absolute atomic E-state index is 0.0245. The molecule has 0 unspecified atom stereocenters. The molecule has 13 heavy (non-hydrogen) atoms. The summed E-state index contributed by atoms with van der Waals surface area (Å²) in [6, 6.07) is 1.98. The third kappa shape index (κ3) is 1.99. The molecule has 0 radical (unpaired) electrons. The fraction of sp³-hybridized carbons (Fsp3) is 0.778. The summed E-state index contributed by atoms with van der Waals surface area (Å²) in [6.45, 7) is 0.864. The number of nitrogens with one attached hydrogen (secondary N) is 1. The van der Waals surface area contributed by atoms with Crippen LogP contribution in [0.25, 0.3) is 0 Å². The zero-order valence-corrected chi connectivity index (χ0v) is 7.68. The van der Waals surface area contributed by atoms with Gasteiger partial charge in [-0.15, -0.1) is 0 Å². The maximum Gasteiger partial charge on any atom is 0.227 e. The van der Waals surface area contributed by atoms with Crippen LogP contribution < -0.4 is 11.1 Å². The number of amides is 1. The lowest BCUT2D eigenvalue weighted by atomic mass is 9.68. The van der Waals surface area contributed by atoms with Crippen molar-refractivity contribution in [2.45, 2.75) is 25.7 Å². The lowest BCUT2D eigenvalue weighted by Gasteiger charge is -2.38. The summed E-state index contributed by atoms with van der Waals surface area (Å²) in [5.41, 5.74) is 5.24. The van der Waals surface area contributed by atoms with Crippen LogP contribution in [0.5, 0.6) is 0 Å². The van der Waals surface area contributed by atoms with Crippen molar-refractivity contribution in [3.05, 3.63) is 0 Å². The van der Waals surface area contributed by atoms with Crippen LogP contribution in [0.15, 0.2) is 0 Å². The van der Waals surface area contributed by atoms with Gasteiger partial charge in [-0.05, 0) is 12.8 Å². The SMILES string of the molecule is N#CCCNC(=O)C1(CN)CCC1. The number of carbonyl (C=O) groups excluding carboxylic acids is 1. The monoisotopic (exact) mass is 181 g/mol. The van der Waals surface area contributed by atoms with Gasteiger partial charge in [-0.2, -0.15) is 5.26 Å². The Balaban J connectivity index is 2.34. The molecule has 0 saturated heterocycles. The molecule has 1 amide bonds. The smallest absolute Gasteiger partial charge is 0.227 e. The standard InChI is InChI=1S/C9H15N3O/c10-5-2-6-12-8(13)9(7-11)3-1-4-9/h1-4,6-7,11H2,(H,12,13). The first-order valence-electron chi connectivity index (χ1n) is 4.60. The van der Waals surface area contributed by atoms with Crippen LogP contribution in [0, 0.1) is 16.7 Å². The number of hydrogen-bond donors (Lipinski definition) is 2. The molecule has 0 atom stereocenters. The summed E-state index contributed by atoms with van der Waals surface area (Å²) in [6.07, 6.45) is 3.24. The zero-order valence-electron chi connectivity index (χ0n) is 7.68. The molecule has 4 nitrogen and oxygen atoms in total. The summed E-state index contributed by atoms with van der Waals surface area (Å²) in [5, 5.41) is 11.0. The summed E-state index contributed by atoms with van der Waals surface area (Å²) < 4.78 is 0. The van der Waals surface area contributed by atoms with E-state index in [1.807, 2.05) is 6.07 Å². The molecule has 1 fully saturated rings. The number of nitriles is 1. The van der Waals surface area contributed by atoms with E-state index in [1.165, 1.54) is 0 Å². The molecule has 0 heterocycles. The Kier molecular flexibility index (Phi) is 3.26. The van der Waals surface area contributed by atoms with Crippen LogP contribution in [0.1, 0.15) is 25.7 Å². The molecular weight excluding hydrogens is 166 g/mol. The van der Waals surface area contributed by atoms with Crippen LogP contribution in [-0.4, -0.2) is 19.0 Å². The highest BCUT2D eigenvalue weighted by atomic mass is 16.2. The van der Waals surface area contributed by atoms with Gasteiger partial charge in [0.15, 0.2) is 0 Å². The average Bonchev–Trinajstić information content (AvgIpc) is 2.04. The summed E-state index contributed by atoms with van der Waals surface area (Å²) in [5.74, 6) is 0.0245. The second kappa shape index (κ2) is 4.24. The van der Waals surface area contributed by atoms with Crippen molar-refractivity contribution in [2.75, 3.05) is 13.1 Å². The Morgan fingerprint density at radius 3 is 2.69 bits per heavy atom. The van der Waals surface area contributed by atoms with Gasteiger partial charge in [-0.25, -0.2) is 0 Å². The molecule has 1 aliphatic rings. The van der Waals surface area contributed by atoms with E-state index in [4.69, 9.17) is 11.0 Å². The minimum atomic E-state index is -0.310. The first-order valence-corrected chi connectivity index (χ1v) is 4.60. The quantitative estimate of drug-likeness (QED) is 0.606. The topological polar surface area (TPSA) is 78.9 Å². The molecule has 0 spiro atoms. The Morgan fingerprint density at radius 1 is 1.62 bits per heavy atom. The van der Waals surface area contributed by atoms with Gasteiger partial charge in [0.2, 0.25) is 5.91 Å². The molecule has 1 aliphatic carbocycles. The maximum atomic E-state index is 11.6. The van der Waals surface area contributed by atoms with E-state index in [-0.39, 0.29) is 11.3 Å². The van der Waals surface area contributed by atoms with Crippen LogP contribution in [0.4, 0.5) is 0 Å². The lowest BCUT2D eigenvalue weighted by Crippen LogP contribution is -2.50. The number of carbonyl (C=O) groups is 1. The van der Waals surface area contributed by atoms with Crippen molar-refractivity contribution < 1.29 is 4.79 Å². The van der Waals surface area contributed by atoms with Gasteiger partial charge in [-0.3, -0.25) is 4.79 Å². The van der Waals surface area contributed by atoms with Crippen molar-refractivity contribution in [3.63, 3.8) is 0 Å². The van der Waals surface area contributed by atoms with E-state index in [1.54, 1.807) is 0 Å². The highest BCUT2D eigenvalue weighted by molar-refractivity contribution is 5.83. The van der Waals surface area contributed by atoms with Crippen LogP contribution in [0.2, 0.25) is 0 Å². The maximum absolute atomic E-state index is 11.6. The van der Waals surface area contributed by atoms with Crippen molar-refractivity contribution in [2.24, 2.45) is 11.1 Å². The van der Waals surface area contributed by atoms with E-state index in [0.29, 0.717) is 19.5 Å². The molecule has 0 aromatic rings. The predicted molar refractivity (Wildman–Crippen MR) is 48.6 cm³/mol. The van der Waals surface area contributed by atoms with Gasteiger partial charge in [0, 0.05) is 13.1 Å². The van der Waals surface area contributed by atoms with Crippen molar-refractivity contribution in [1.82, 2.24) is 5.32 Å². The van der Waals surface area contributed by atoms with Crippen LogP contribution >= 0.6 is 0 Å². The molecule has 4 heteroatoms. The van der Waals surface area contributed by atoms with Gasteiger partial charge < -0.3 is 11.1 Å². The molecule has 3 N–H and O–H groups in total. The molecule has 1 saturated carbocycles. The zero-order chi connectivity index (χ0) is 9.73. The number of rotatable bonds is 4. The molecular formula is C9H15N3O. The van der Waals surface area contributed by atoms with Gasteiger partial charge >= 0.3 is 0 Å². The molecule has 72 valence electrons. The Morgan fingerprint density at radius 2 is 2.31 bits per heavy atom. The second-order valence-corrected chi connectivity index (χ2v) is 3.50. The van der Waals surface area contributed by atoms with E-state index in [0.717, 1.165) is 19.3 Å². The first kappa shape index (κ1) is 10.0. The molecule has 1 rings (SSSR count). The number of nitrogens with zero attached hydrogens (tertiary/aromatic N) is 1. The van der Waals surface area contributed by atoms with E-state index in [2.05, 4.69) is 5.32 Å². The molecule has 0 aromatic heterocycles. The van der Waals surface area contributed by atoms with Crippen LogP contribution in [0.3, 0.4) is 0 Å². The lowest BCUT2D eigenvalue weighted by molar-refractivity contribution is -0.135. The highest BCUT2D eigenvalue weighted by Crippen LogP contribution is 2.39.